The number of hydrogen-bond donors (Lipinski definition) is 0. The van der Waals surface area contributed by atoms with Gasteiger partial charge in [-0.3, -0.25) is 0 Å². The zero-order chi connectivity index (χ0) is 10.6. The van der Waals surface area contributed by atoms with Crippen molar-refractivity contribution < 1.29 is 0 Å². The van der Waals surface area contributed by atoms with Gasteiger partial charge in [0.1, 0.15) is 0 Å². The Labute approximate surface area is 101 Å². The van der Waals surface area contributed by atoms with Crippen LogP contribution in [0.25, 0.3) is 0 Å². The summed E-state index contributed by atoms with van der Waals surface area (Å²) in [6.07, 6.45) is 1.28. The van der Waals surface area contributed by atoms with E-state index in [-0.39, 0.29) is 0 Å². The Morgan fingerprint density at radius 3 is 2.07 bits per heavy atom. The molecule has 2 unspecified atom stereocenters. The van der Waals surface area contributed by atoms with Crippen molar-refractivity contribution in [2.75, 3.05) is 0 Å². The quantitative estimate of drug-likeness (QED) is 0.561. The van der Waals surface area contributed by atoms with Gasteiger partial charge in [0.2, 0.25) is 0 Å². The van der Waals surface area contributed by atoms with Crippen LogP contribution in [-0.4, -0.2) is 3.92 Å². The molecule has 0 nitrogen and oxygen atoms in total. The summed E-state index contributed by atoms with van der Waals surface area (Å²) in [6, 6.07) is 10.9. The SMILES string of the molecule is CC(I)CC(c1ccccc1)C(C)C. The van der Waals surface area contributed by atoms with Gasteiger partial charge in [-0.05, 0) is 23.8 Å². The molecule has 0 spiro atoms. The Kier molecular flexibility index (Phi) is 4.93. The second-order valence-corrected chi connectivity index (χ2v) is 6.40. The molecule has 1 heteroatoms. The van der Waals surface area contributed by atoms with E-state index in [0.29, 0.717) is 5.92 Å². The van der Waals surface area contributed by atoms with Gasteiger partial charge in [-0.1, -0.05) is 73.7 Å². The molecule has 0 aromatic heterocycles. The maximum atomic E-state index is 2.52. The van der Waals surface area contributed by atoms with E-state index in [2.05, 4.69) is 73.7 Å². The van der Waals surface area contributed by atoms with E-state index in [1.54, 1.807) is 0 Å². The maximum absolute atomic E-state index is 2.52. The number of rotatable bonds is 4. The van der Waals surface area contributed by atoms with E-state index in [1.165, 1.54) is 12.0 Å². The van der Waals surface area contributed by atoms with Crippen molar-refractivity contribution in [3.63, 3.8) is 0 Å². The lowest BCUT2D eigenvalue weighted by Crippen LogP contribution is -2.10. The highest BCUT2D eigenvalue weighted by Gasteiger charge is 2.17. The van der Waals surface area contributed by atoms with Crippen LogP contribution in [0.2, 0.25) is 0 Å². The Balaban J connectivity index is 2.78. The standard InChI is InChI=1S/C13H19I/c1-10(2)13(9-11(3)14)12-7-5-4-6-8-12/h4-8,10-11,13H,9H2,1-3H3. The molecule has 0 aliphatic carbocycles. The van der Waals surface area contributed by atoms with Crippen LogP contribution >= 0.6 is 22.6 Å². The van der Waals surface area contributed by atoms with Crippen LogP contribution in [0.3, 0.4) is 0 Å². The van der Waals surface area contributed by atoms with E-state index in [9.17, 15) is 0 Å². The zero-order valence-electron chi connectivity index (χ0n) is 9.20. The molecule has 0 saturated carbocycles. The zero-order valence-corrected chi connectivity index (χ0v) is 11.4. The molecular formula is C13H19I. The Morgan fingerprint density at radius 1 is 1.07 bits per heavy atom. The molecule has 0 amide bonds. The van der Waals surface area contributed by atoms with Crippen LogP contribution in [0, 0.1) is 5.92 Å². The van der Waals surface area contributed by atoms with Crippen LogP contribution in [-0.2, 0) is 0 Å². The van der Waals surface area contributed by atoms with Gasteiger partial charge in [-0.2, -0.15) is 0 Å². The Hall–Kier alpha value is -0.0500. The van der Waals surface area contributed by atoms with Crippen LogP contribution in [0.1, 0.15) is 38.7 Å². The van der Waals surface area contributed by atoms with Gasteiger partial charge in [0.25, 0.3) is 0 Å². The number of halogens is 1. The molecule has 0 radical (unpaired) electrons. The summed E-state index contributed by atoms with van der Waals surface area (Å²) < 4.78 is 0.750. The highest BCUT2D eigenvalue weighted by molar-refractivity contribution is 14.1. The van der Waals surface area contributed by atoms with E-state index in [4.69, 9.17) is 0 Å². The average Bonchev–Trinajstić information content (AvgIpc) is 2.15. The van der Waals surface area contributed by atoms with Gasteiger partial charge >= 0.3 is 0 Å². The van der Waals surface area contributed by atoms with Gasteiger partial charge in [0.05, 0.1) is 0 Å². The summed E-state index contributed by atoms with van der Waals surface area (Å²) in [6.45, 7) is 6.92. The summed E-state index contributed by atoms with van der Waals surface area (Å²) in [5.41, 5.74) is 1.49. The first-order chi connectivity index (χ1) is 6.61. The van der Waals surface area contributed by atoms with Crippen molar-refractivity contribution in [3.8, 4) is 0 Å². The third-order valence-corrected chi connectivity index (χ3v) is 3.12. The minimum absolute atomic E-state index is 0.711. The smallest absolute Gasteiger partial charge is 0.00872 e. The monoisotopic (exact) mass is 302 g/mol. The normalized spacial score (nSPS) is 15.5. The number of benzene rings is 1. The van der Waals surface area contributed by atoms with Crippen molar-refractivity contribution in [1.29, 1.82) is 0 Å². The van der Waals surface area contributed by atoms with E-state index in [0.717, 1.165) is 9.84 Å². The van der Waals surface area contributed by atoms with Crippen molar-refractivity contribution >= 4 is 22.6 Å². The molecule has 14 heavy (non-hydrogen) atoms. The molecule has 1 aromatic carbocycles. The first-order valence-electron chi connectivity index (χ1n) is 5.30. The van der Waals surface area contributed by atoms with E-state index >= 15 is 0 Å². The lowest BCUT2D eigenvalue weighted by Gasteiger charge is -2.22. The number of alkyl halides is 1. The predicted molar refractivity (Wildman–Crippen MR) is 72.1 cm³/mol. The van der Waals surface area contributed by atoms with Crippen LogP contribution in [0.5, 0.6) is 0 Å². The summed E-state index contributed by atoms with van der Waals surface area (Å²) in [4.78, 5) is 0. The van der Waals surface area contributed by atoms with Crippen LogP contribution in [0.15, 0.2) is 30.3 Å². The second kappa shape index (κ2) is 5.74. The molecule has 0 bridgehead atoms. The average molecular weight is 302 g/mol. The highest BCUT2D eigenvalue weighted by atomic mass is 127. The van der Waals surface area contributed by atoms with Crippen molar-refractivity contribution in [2.45, 2.75) is 37.0 Å². The summed E-state index contributed by atoms with van der Waals surface area (Å²) in [7, 11) is 0. The third kappa shape index (κ3) is 3.60. The summed E-state index contributed by atoms with van der Waals surface area (Å²) in [5, 5.41) is 0. The Morgan fingerprint density at radius 2 is 1.64 bits per heavy atom. The Bertz CT molecular complexity index is 251. The molecule has 78 valence electrons. The molecule has 0 N–H and O–H groups in total. The summed E-state index contributed by atoms with van der Waals surface area (Å²) in [5.74, 6) is 1.44. The fraction of sp³-hybridized carbons (Fsp3) is 0.538. The van der Waals surface area contributed by atoms with E-state index < -0.39 is 0 Å². The summed E-state index contributed by atoms with van der Waals surface area (Å²) >= 11 is 2.52. The molecule has 1 rings (SSSR count). The number of hydrogen-bond acceptors (Lipinski definition) is 0. The van der Waals surface area contributed by atoms with Crippen LogP contribution < -0.4 is 0 Å². The largest absolute Gasteiger partial charge is 0.0829 e. The predicted octanol–water partition coefficient (Wildman–Crippen LogP) is 4.64. The fourth-order valence-corrected chi connectivity index (χ4v) is 2.39. The van der Waals surface area contributed by atoms with Gasteiger partial charge in [-0.25, -0.2) is 0 Å². The molecule has 0 saturated heterocycles. The molecule has 1 aromatic rings. The van der Waals surface area contributed by atoms with Crippen molar-refractivity contribution in [1.82, 2.24) is 0 Å². The first-order valence-corrected chi connectivity index (χ1v) is 6.55. The minimum atomic E-state index is 0.711. The van der Waals surface area contributed by atoms with Gasteiger partial charge in [0.15, 0.2) is 0 Å². The first kappa shape index (κ1) is 12.0. The lowest BCUT2D eigenvalue weighted by molar-refractivity contribution is 0.472. The molecule has 0 heterocycles. The van der Waals surface area contributed by atoms with Gasteiger partial charge in [0, 0.05) is 3.92 Å². The topological polar surface area (TPSA) is 0 Å². The molecular weight excluding hydrogens is 283 g/mol. The van der Waals surface area contributed by atoms with E-state index in [1.807, 2.05) is 0 Å². The molecule has 0 aliphatic heterocycles. The third-order valence-electron chi connectivity index (χ3n) is 2.61. The maximum Gasteiger partial charge on any atom is 0.00872 e. The fourth-order valence-electron chi connectivity index (χ4n) is 1.84. The van der Waals surface area contributed by atoms with Gasteiger partial charge in [-0.15, -0.1) is 0 Å². The second-order valence-electron chi connectivity index (χ2n) is 4.28. The molecule has 0 fully saturated rings. The van der Waals surface area contributed by atoms with Gasteiger partial charge < -0.3 is 0 Å². The lowest BCUT2D eigenvalue weighted by atomic mass is 9.85. The minimum Gasteiger partial charge on any atom is -0.0829 e. The molecule has 0 aliphatic rings. The van der Waals surface area contributed by atoms with Crippen molar-refractivity contribution in [2.24, 2.45) is 5.92 Å². The van der Waals surface area contributed by atoms with Crippen molar-refractivity contribution in [3.05, 3.63) is 35.9 Å². The van der Waals surface area contributed by atoms with Crippen LogP contribution in [0.4, 0.5) is 0 Å². The molecule has 2 atom stereocenters. The highest BCUT2D eigenvalue weighted by Crippen LogP contribution is 2.30.